The molecule has 2 unspecified atom stereocenters. The maximum absolute atomic E-state index is 5.76. The van der Waals surface area contributed by atoms with Gasteiger partial charge >= 0.3 is 0 Å². The Bertz CT molecular complexity index is 1070. The van der Waals surface area contributed by atoms with Crippen molar-refractivity contribution in [2.45, 2.75) is 45.8 Å². The van der Waals surface area contributed by atoms with E-state index in [4.69, 9.17) is 12.2 Å². The van der Waals surface area contributed by atoms with E-state index >= 15 is 0 Å². The molecule has 0 radical (unpaired) electrons. The number of thiocarbonyl (C=S) groups is 1. The van der Waals surface area contributed by atoms with Crippen LogP contribution in [0, 0.1) is 13.8 Å². The van der Waals surface area contributed by atoms with E-state index in [2.05, 4.69) is 103 Å². The van der Waals surface area contributed by atoms with Crippen LogP contribution in [0.15, 0.2) is 54.7 Å². The van der Waals surface area contributed by atoms with Crippen LogP contribution in [0.5, 0.6) is 0 Å². The van der Waals surface area contributed by atoms with Gasteiger partial charge in [-0.05, 0) is 87.9 Å². The molecular weight excluding hydrogens is 402 g/mol. The Morgan fingerprint density at radius 1 is 1.06 bits per heavy atom. The normalized spacial score (nSPS) is 18.5. The van der Waals surface area contributed by atoms with E-state index in [0.29, 0.717) is 0 Å². The molecule has 162 valence electrons. The molecule has 2 aromatic heterocycles. The van der Waals surface area contributed by atoms with Crippen molar-refractivity contribution in [2.24, 2.45) is 0 Å². The molecule has 5 nitrogen and oxygen atoms in total. The first-order valence-corrected chi connectivity index (χ1v) is 11.2. The number of rotatable bonds is 5. The predicted octanol–water partition coefficient (Wildman–Crippen LogP) is 4.94. The number of nitrogens with one attached hydrogen (secondary N) is 1. The van der Waals surface area contributed by atoms with Gasteiger partial charge in [0.05, 0.1) is 17.8 Å². The highest BCUT2D eigenvalue weighted by Gasteiger charge is 2.42. The first kappa shape index (κ1) is 21.4. The number of anilines is 1. The van der Waals surface area contributed by atoms with Gasteiger partial charge in [-0.25, -0.2) is 0 Å². The van der Waals surface area contributed by atoms with Crippen molar-refractivity contribution in [1.29, 1.82) is 0 Å². The smallest absolute Gasteiger partial charge is 0.170 e. The molecule has 0 amide bonds. The molecule has 4 rings (SSSR count). The number of hydrogen-bond donors (Lipinski definition) is 1. The van der Waals surface area contributed by atoms with Crippen LogP contribution in [0.1, 0.15) is 48.6 Å². The molecule has 1 N–H and O–H groups in total. The number of benzene rings is 1. The van der Waals surface area contributed by atoms with Crippen LogP contribution in [-0.2, 0) is 0 Å². The molecule has 3 aromatic rings. The third kappa shape index (κ3) is 3.81. The predicted molar refractivity (Wildman–Crippen MR) is 132 cm³/mol. The van der Waals surface area contributed by atoms with Crippen LogP contribution in [0.4, 0.5) is 5.69 Å². The lowest BCUT2D eigenvalue weighted by molar-refractivity contribution is 0.269. The van der Waals surface area contributed by atoms with Gasteiger partial charge < -0.3 is 19.7 Å². The monoisotopic (exact) mass is 433 g/mol. The summed E-state index contributed by atoms with van der Waals surface area (Å²) < 4.78 is 2.34. The highest BCUT2D eigenvalue weighted by molar-refractivity contribution is 7.80. The molecule has 31 heavy (non-hydrogen) atoms. The Hall–Kier alpha value is -2.86. The lowest BCUT2D eigenvalue weighted by atomic mass is 9.96. The number of aromatic nitrogens is 2. The van der Waals surface area contributed by atoms with Gasteiger partial charge in [0.15, 0.2) is 5.11 Å². The summed E-state index contributed by atoms with van der Waals surface area (Å²) in [6.45, 7) is 8.77. The first-order valence-electron chi connectivity index (χ1n) is 10.8. The molecule has 1 aliphatic rings. The van der Waals surface area contributed by atoms with E-state index in [1.807, 2.05) is 18.3 Å². The summed E-state index contributed by atoms with van der Waals surface area (Å²) in [5, 5.41) is 4.33. The van der Waals surface area contributed by atoms with Crippen molar-refractivity contribution < 1.29 is 0 Å². The van der Waals surface area contributed by atoms with E-state index in [1.54, 1.807) is 0 Å². The summed E-state index contributed by atoms with van der Waals surface area (Å²) in [5.41, 5.74) is 7.11. The second kappa shape index (κ2) is 8.35. The summed E-state index contributed by atoms with van der Waals surface area (Å²) in [6.07, 6.45) is 1.85. The third-order valence-corrected chi connectivity index (χ3v) is 6.43. The largest absolute Gasteiger partial charge is 0.378 e. The molecule has 0 aliphatic carbocycles. The van der Waals surface area contributed by atoms with Crippen LogP contribution in [0.2, 0.25) is 0 Å². The Balaban J connectivity index is 1.81. The molecule has 0 saturated carbocycles. The van der Waals surface area contributed by atoms with E-state index in [9.17, 15) is 0 Å². The number of hydrogen-bond acceptors (Lipinski definition) is 3. The van der Waals surface area contributed by atoms with Gasteiger partial charge in [-0.1, -0.05) is 6.07 Å². The Morgan fingerprint density at radius 3 is 2.35 bits per heavy atom. The molecule has 0 bridgehead atoms. The number of nitrogens with zero attached hydrogens (tertiary/aromatic N) is 4. The fraction of sp³-hybridized carbons (Fsp3) is 0.360. The average molecular weight is 434 g/mol. The molecule has 6 heteroatoms. The summed E-state index contributed by atoms with van der Waals surface area (Å²) in [5.74, 6) is 0. The van der Waals surface area contributed by atoms with Gasteiger partial charge in [0.25, 0.3) is 0 Å². The average Bonchev–Trinajstić information content (AvgIpc) is 3.24. The fourth-order valence-electron chi connectivity index (χ4n) is 4.64. The van der Waals surface area contributed by atoms with Crippen molar-refractivity contribution >= 4 is 23.0 Å². The molecule has 1 aliphatic heterocycles. The molecular formula is C25H31N5S. The van der Waals surface area contributed by atoms with E-state index in [1.165, 1.54) is 28.3 Å². The minimum atomic E-state index is 0.0150. The third-order valence-electron chi connectivity index (χ3n) is 6.10. The Morgan fingerprint density at radius 2 is 1.77 bits per heavy atom. The second-order valence-corrected chi connectivity index (χ2v) is 9.09. The van der Waals surface area contributed by atoms with Gasteiger partial charge in [0, 0.05) is 49.1 Å². The van der Waals surface area contributed by atoms with E-state index in [0.717, 1.165) is 10.8 Å². The zero-order chi connectivity index (χ0) is 22.3. The summed E-state index contributed by atoms with van der Waals surface area (Å²) in [4.78, 5) is 9.08. The maximum atomic E-state index is 5.76. The number of aryl methyl sites for hydroxylation is 1. The lowest BCUT2D eigenvalue weighted by Crippen LogP contribution is -2.35. The number of pyridine rings is 1. The Kier molecular flexibility index (Phi) is 5.75. The minimum Gasteiger partial charge on any atom is -0.378 e. The fourth-order valence-corrected chi connectivity index (χ4v) is 5.09. The summed E-state index contributed by atoms with van der Waals surface area (Å²) in [7, 11) is 4.13. The first-order chi connectivity index (χ1) is 14.8. The van der Waals surface area contributed by atoms with Crippen LogP contribution in [0.3, 0.4) is 0 Å². The highest BCUT2D eigenvalue weighted by atomic mass is 32.1. The molecule has 2 atom stereocenters. The van der Waals surface area contributed by atoms with E-state index < -0.39 is 0 Å². The molecule has 0 spiro atoms. The van der Waals surface area contributed by atoms with Crippen molar-refractivity contribution in [3.05, 3.63) is 77.4 Å². The van der Waals surface area contributed by atoms with Gasteiger partial charge in [-0.2, -0.15) is 0 Å². The van der Waals surface area contributed by atoms with Gasteiger partial charge in [0.1, 0.15) is 0 Å². The maximum Gasteiger partial charge on any atom is 0.170 e. The van der Waals surface area contributed by atoms with Crippen LogP contribution >= 0.6 is 12.2 Å². The SMILES string of the molecule is Cc1cc(C2C(c3ccccn3)NC(=S)N2C(C)C)c(C)n1-c1ccc(N(C)C)cc1. The Labute approximate surface area is 190 Å². The van der Waals surface area contributed by atoms with Crippen molar-refractivity contribution in [1.82, 2.24) is 19.8 Å². The zero-order valence-corrected chi connectivity index (χ0v) is 19.9. The van der Waals surface area contributed by atoms with Crippen molar-refractivity contribution in [3.8, 4) is 5.69 Å². The van der Waals surface area contributed by atoms with Crippen molar-refractivity contribution in [2.75, 3.05) is 19.0 Å². The topological polar surface area (TPSA) is 36.3 Å². The van der Waals surface area contributed by atoms with Crippen LogP contribution in [0.25, 0.3) is 5.69 Å². The van der Waals surface area contributed by atoms with Crippen LogP contribution in [-0.4, -0.2) is 39.7 Å². The second-order valence-electron chi connectivity index (χ2n) is 8.70. The zero-order valence-electron chi connectivity index (χ0n) is 19.1. The molecule has 1 saturated heterocycles. The quantitative estimate of drug-likeness (QED) is 0.577. The minimum absolute atomic E-state index is 0.0150. The highest BCUT2D eigenvalue weighted by Crippen LogP contribution is 2.42. The summed E-state index contributed by atoms with van der Waals surface area (Å²) in [6, 6.07) is 17.5. The molecule has 1 aromatic carbocycles. The van der Waals surface area contributed by atoms with E-state index in [-0.39, 0.29) is 18.1 Å². The summed E-state index contributed by atoms with van der Waals surface area (Å²) >= 11 is 5.76. The standard InChI is InChI=1S/C25H31N5S/c1-16(2)29-24(23(27-25(29)31)22-9-7-8-14-26-22)21-15-17(3)30(18(21)4)20-12-10-19(11-13-20)28(5)6/h7-16,23-24H,1-6H3,(H,27,31). The van der Waals surface area contributed by atoms with Crippen LogP contribution < -0.4 is 10.2 Å². The van der Waals surface area contributed by atoms with Gasteiger partial charge in [-0.3, -0.25) is 4.98 Å². The van der Waals surface area contributed by atoms with Gasteiger partial charge in [0.2, 0.25) is 0 Å². The van der Waals surface area contributed by atoms with Crippen molar-refractivity contribution in [3.63, 3.8) is 0 Å². The molecule has 1 fully saturated rings. The lowest BCUT2D eigenvalue weighted by Gasteiger charge is -2.31. The van der Waals surface area contributed by atoms with Gasteiger partial charge in [-0.15, -0.1) is 0 Å². The molecule has 3 heterocycles.